The van der Waals surface area contributed by atoms with E-state index in [9.17, 15) is 0 Å². The molecule has 1 aliphatic carbocycles. The molecule has 1 heterocycles. The van der Waals surface area contributed by atoms with E-state index in [1.54, 1.807) is 0 Å². The molecule has 1 aromatic heterocycles. The third-order valence-electron chi connectivity index (χ3n) is 2.81. The third-order valence-corrected chi connectivity index (χ3v) is 4.00. The van der Waals surface area contributed by atoms with Gasteiger partial charge in [-0.3, -0.25) is 0 Å². The quantitative estimate of drug-likeness (QED) is 0.577. The summed E-state index contributed by atoms with van der Waals surface area (Å²) in [5, 5.41) is 1.58. The summed E-state index contributed by atoms with van der Waals surface area (Å²) in [6, 6.07) is 1.86. The van der Waals surface area contributed by atoms with Crippen LogP contribution in [0.1, 0.15) is 25.7 Å². The lowest BCUT2D eigenvalue weighted by Crippen LogP contribution is -2.16. The maximum absolute atomic E-state index is 4.25. The molecule has 2 atom stereocenters. The molecule has 0 amide bonds. The van der Waals surface area contributed by atoms with Gasteiger partial charge in [-0.25, -0.2) is 9.97 Å². The molecule has 15 heavy (non-hydrogen) atoms. The Morgan fingerprint density at radius 3 is 2.87 bits per heavy atom. The standard InChI is InChI=1S/C12H16N2S/c1-2-10-5-3-6-11(9-10)15-12-13-7-4-8-14-12/h2,4,7-8,10-11H,1,3,5-6,9H2/t10-,11+/m0/s1. The molecule has 0 unspecified atom stereocenters. The number of thioether (sulfide) groups is 1. The van der Waals surface area contributed by atoms with Crippen LogP contribution in [0.15, 0.2) is 36.3 Å². The highest BCUT2D eigenvalue weighted by atomic mass is 32.2. The van der Waals surface area contributed by atoms with Crippen molar-refractivity contribution in [1.29, 1.82) is 0 Å². The van der Waals surface area contributed by atoms with Crippen LogP contribution in [0.3, 0.4) is 0 Å². The highest BCUT2D eigenvalue weighted by Crippen LogP contribution is 2.34. The van der Waals surface area contributed by atoms with Gasteiger partial charge in [0.15, 0.2) is 5.16 Å². The molecular formula is C12H16N2S. The summed E-state index contributed by atoms with van der Waals surface area (Å²) in [5.41, 5.74) is 0. The minimum atomic E-state index is 0.671. The van der Waals surface area contributed by atoms with Gasteiger partial charge >= 0.3 is 0 Å². The van der Waals surface area contributed by atoms with Crippen molar-refractivity contribution in [1.82, 2.24) is 9.97 Å². The molecule has 0 aliphatic heterocycles. The predicted octanol–water partition coefficient (Wildman–Crippen LogP) is 3.31. The number of rotatable bonds is 3. The Kier molecular flexibility index (Phi) is 3.78. The van der Waals surface area contributed by atoms with Crippen molar-refractivity contribution in [2.24, 2.45) is 5.92 Å². The molecule has 1 fully saturated rings. The fourth-order valence-electron chi connectivity index (χ4n) is 2.00. The van der Waals surface area contributed by atoms with E-state index < -0.39 is 0 Å². The van der Waals surface area contributed by atoms with Gasteiger partial charge in [0, 0.05) is 17.6 Å². The van der Waals surface area contributed by atoms with E-state index in [4.69, 9.17) is 0 Å². The van der Waals surface area contributed by atoms with Crippen LogP contribution in [0.25, 0.3) is 0 Å². The Morgan fingerprint density at radius 1 is 1.33 bits per heavy atom. The van der Waals surface area contributed by atoms with E-state index >= 15 is 0 Å². The maximum atomic E-state index is 4.25. The van der Waals surface area contributed by atoms with E-state index in [1.807, 2.05) is 30.2 Å². The second kappa shape index (κ2) is 5.31. The smallest absolute Gasteiger partial charge is 0.187 e. The first-order valence-electron chi connectivity index (χ1n) is 5.44. The normalized spacial score (nSPS) is 26.1. The van der Waals surface area contributed by atoms with Gasteiger partial charge in [0.1, 0.15) is 0 Å². The van der Waals surface area contributed by atoms with Crippen LogP contribution >= 0.6 is 11.8 Å². The van der Waals surface area contributed by atoms with Gasteiger partial charge in [0.05, 0.1) is 0 Å². The largest absolute Gasteiger partial charge is 0.231 e. The topological polar surface area (TPSA) is 25.8 Å². The first-order valence-corrected chi connectivity index (χ1v) is 6.32. The molecule has 2 nitrogen and oxygen atoms in total. The average Bonchev–Trinajstić information content (AvgIpc) is 2.31. The number of nitrogens with zero attached hydrogens (tertiary/aromatic N) is 2. The summed E-state index contributed by atoms with van der Waals surface area (Å²) in [6.07, 6.45) is 10.8. The number of hydrogen-bond donors (Lipinski definition) is 0. The Bertz CT molecular complexity index is 313. The van der Waals surface area contributed by atoms with Gasteiger partial charge in [-0.15, -0.1) is 6.58 Å². The first kappa shape index (κ1) is 10.7. The third kappa shape index (κ3) is 3.06. The zero-order chi connectivity index (χ0) is 10.5. The van der Waals surface area contributed by atoms with E-state index in [0.717, 1.165) is 5.16 Å². The van der Waals surface area contributed by atoms with Gasteiger partial charge in [-0.05, 0) is 31.2 Å². The van der Waals surface area contributed by atoms with Gasteiger partial charge in [-0.1, -0.05) is 24.3 Å². The van der Waals surface area contributed by atoms with Gasteiger partial charge in [0.2, 0.25) is 0 Å². The summed E-state index contributed by atoms with van der Waals surface area (Å²) < 4.78 is 0. The maximum Gasteiger partial charge on any atom is 0.187 e. The molecule has 0 bridgehead atoms. The van der Waals surface area contributed by atoms with Crippen molar-refractivity contribution < 1.29 is 0 Å². The average molecular weight is 220 g/mol. The second-order valence-electron chi connectivity index (χ2n) is 3.93. The number of aromatic nitrogens is 2. The molecule has 2 rings (SSSR count). The Hall–Kier alpha value is -0.830. The minimum absolute atomic E-state index is 0.671. The molecule has 0 saturated heterocycles. The van der Waals surface area contributed by atoms with Gasteiger partial charge < -0.3 is 0 Å². The van der Waals surface area contributed by atoms with Gasteiger partial charge in [-0.2, -0.15) is 0 Å². The van der Waals surface area contributed by atoms with Gasteiger partial charge in [0.25, 0.3) is 0 Å². The zero-order valence-electron chi connectivity index (χ0n) is 8.80. The van der Waals surface area contributed by atoms with Crippen molar-refractivity contribution in [2.75, 3.05) is 0 Å². The molecule has 0 spiro atoms. The second-order valence-corrected chi connectivity index (χ2v) is 5.20. The predicted molar refractivity (Wildman–Crippen MR) is 63.8 cm³/mol. The van der Waals surface area contributed by atoms with Crippen molar-refractivity contribution in [3.05, 3.63) is 31.1 Å². The minimum Gasteiger partial charge on any atom is -0.231 e. The molecule has 0 N–H and O–H groups in total. The first-order chi connectivity index (χ1) is 7.38. The van der Waals surface area contributed by atoms with Crippen LogP contribution in [0.4, 0.5) is 0 Å². The molecule has 3 heteroatoms. The lowest BCUT2D eigenvalue weighted by atomic mass is 9.89. The highest BCUT2D eigenvalue weighted by molar-refractivity contribution is 7.99. The molecule has 0 aromatic carbocycles. The highest BCUT2D eigenvalue weighted by Gasteiger charge is 2.21. The van der Waals surface area contributed by atoms with Crippen LogP contribution < -0.4 is 0 Å². The van der Waals surface area contributed by atoms with Crippen molar-refractivity contribution in [3.63, 3.8) is 0 Å². The number of allylic oxidation sites excluding steroid dienone is 1. The lowest BCUT2D eigenvalue weighted by Gasteiger charge is -2.25. The van der Waals surface area contributed by atoms with Crippen molar-refractivity contribution in [2.45, 2.75) is 36.1 Å². The number of hydrogen-bond acceptors (Lipinski definition) is 3. The summed E-state index contributed by atoms with van der Waals surface area (Å²) in [4.78, 5) is 8.50. The molecule has 1 saturated carbocycles. The van der Waals surface area contributed by atoms with E-state index in [-0.39, 0.29) is 0 Å². The van der Waals surface area contributed by atoms with Crippen LogP contribution in [0.2, 0.25) is 0 Å². The van der Waals surface area contributed by atoms with Crippen molar-refractivity contribution in [3.8, 4) is 0 Å². The summed E-state index contributed by atoms with van der Waals surface area (Å²) in [7, 11) is 0. The summed E-state index contributed by atoms with van der Waals surface area (Å²) >= 11 is 1.81. The monoisotopic (exact) mass is 220 g/mol. The SMILES string of the molecule is C=C[C@H]1CCC[C@@H](Sc2ncccn2)C1. The van der Waals surface area contributed by atoms with Crippen LogP contribution in [0.5, 0.6) is 0 Å². The molecule has 80 valence electrons. The molecular weight excluding hydrogens is 204 g/mol. The Morgan fingerprint density at radius 2 is 2.13 bits per heavy atom. The fourth-order valence-corrected chi connectivity index (χ4v) is 3.17. The molecule has 1 aromatic rings. The molecule has 1 aliphatic rings. The summed E-state index contributed by atoms with van der Waals surface area (Å²) in [5.74, 6) is 0.694. The molecule has 0 radical (unpaired) electrons. The Balaban J connectivity index is 1.92. The van der Waals surface area contributed by atoms with Crippen LogP contribution in [0, 0.1) is 5.92 Å². The van der Waals surface area contributed by atoms with E-state index in [1.165, 1.54) is 25.7 Å². The fraction of sp³-hybridized carbons (Fsp3) is 0.500. The van der Waals surface area contributed by atoms with E-state index in [0.29, 0.717) is 11.2 Å². The van der Waals surface area contributed by atoms with E-state index in [2.05, 4.69) is 22.6 Å². The van der Waals surface area contributed by atoms with Crippen LogP contribution in [-0.4, -0.2) is 15.2 Å². The van der Waals surface area contributed by atoms with Crippen LogP contribution in [-0.2, 0) is 0 Å². The van der Waals surface area contributed by atoms with Crippen molar-refractivity contribution >= 4 is 11.8 Å². The Labute approximate surface area is 95.2 Å². The summed E-state index contributed by atoms with van der Waals surface area (Å²) in [6.45, 7) is 3.89. The lowest BCUT2D eigenvalue weighted by molar-refractivity contribution is 0.429. The zero-order valence-corrected chi connectivity index (χ0v) is 9.62.